The summed E-state index contributed by atoms with van der Waals surface area (Å²) in [5.74, 6) is -14.8. The van der Waals surface area contributed by atoms with Gasteiger partial charge in [0.25, 0.3) is 0 Å². The van der Waals surface area contributed by atoms with E-state index < -0.39 is 42.0 Å². The van der Waals surface area contributed by atoms with Gasteiger partial charge in [0.2, 0.25) is 0 Å². The zero-order valence-corrected chi connectivity index (χ0v) is 23.0. The number of rotatable bonds is 22. The van der Waals surface area contributed by atoms with Gasteiger partial charge in [0, 0.05) is 0 Å². The number of hydrogen-bond donors (Lipinski definition) is 0. The molecule has 0 amide bonds. The van der Waals surface area contributed by atoms with Crippen molar-refractivity contribution in [1.29, 1.82) is 0 Å². The summed E-state index contributed by atoms with van der Waals surface area (Å²) in [7, 11) is 0. The zero-order valence-electron chi connectivity index (χ0n) is 23.0. The van der Waals surface area contributed by atoms with Gasteiger partial charge in [-0.05, 0) is 19.3 Å². The normalized spacial score (nSPS) is 13.0. The summed E-state index contributed by atoms with van der Waals surface area (Å²) in [6.45, 7) is 2.37. The van der Waals surface area contributed by atoms with E-state index in [9.17, 15) is 40.3 Å². The molecule has 0 aliphatic carbocycles. The lowest BCUT2D eigenvalue weighted by Gasteiger charge is -2.30. The maximum Gasteiger partial charge on any atom is 0.460 e. The molecule has 0 rings (SSSR count). The number of halogens is 7. The Bertz CT molecular complexity index is 662. The summed E-state index contributed by atoms with van der Waals surface area (Å²) in [6, 6.07) is 0. The Morgan fingerprint density at radius 3 is 1.29 bits per heavy atom. The summed E-state index contributed by atoms with van der Waals surface area (Å²) in [6.07, 6.45) is 8.74. The molecule has 0 unspecified atom stereocenters. The number of carbonyl (C=O) groups is 2. The Morgan fingerprint density at radius 1 is 0.553 bits per heavy atom. The molecule has 4 nitrogen and oxygen atoms in total. The first-order chi connectivity index (χ1) is 17.7. The topological polar surface area (TPSA) is 52.6 Å². The van der Waals surface area contributed by atoms with Crippen LogP contribution in [0.3, 0.4) is 0 Å². The molecule has 0 aromatic rings. The Labute approximate surface area is 222 Å². The van der Waals surface area contributed by atoms with Gasteiger partial charge in [-0.15, -0.1) is 0 Å². The van der Waals surface area contributed by atoms with Crippen molar-refractivity contribution in [2.75, 3.05) is 13.2 Å². The molecule has 0 heterocycles. The average molecular weight is 567 g/mol. The largest absolute Gasteiger partial charge is 0.465 e. The predicted molar refractivity (Wildman–Crippen MR) is 131 cm³/mol. The van der Waals surface area contributed by atoms with E-state index in [1.54, 1.807) is 0 Å². The van der Waals surface area contributed by atoms with E-state index in [1.165, 1.54) is 71.6 Å². The zero-order chi connectivity index (χ0) is 29.3. The van der Waals surface area contributed by atoms with Gasteiger partial charge >= 0.3 is 30.0 Å². The Balaban J connectivity index is 4.34. The van der Waals surface area contributed by atoms with Crippen molar-refractivity contribution in [1.82, 2.24) is 0 Å². The summed E-state index contributed by atoms with van der Waals surface area (Å²) in [5.41, 5.74) is -2.07. The van der Waals surface area contributed by atoms with Crippen LogP contribution < -0.4 is 0 Å². The van der Waals surface area contributed by atoms with E-state index in [-0.39, 0.29) is 19.4 Å². The van der Waals surface area contributed by atoms with Gasteiger partial charge in [0.1, 0.15) is 0 Å². The van der Waals surface area contributed by atoms with Crippen LogP contribution in [0.15, 0.2) is 0 Å². The van der Waals surface area contributed by atoms with Crippen molar-refractivity contribution in [3.05, 3.63) is 0 Å². The minimum absolute atomic E-state index is 0.0335. The number of unbranched alkanes of at least 4 members (excludes halogenated alkanes) is 13. The first-order valence-corrected chi connectivity index (χ1v) is 13.9. The molecule has 11 heteroatoms. The first-order valence-electron chi connectivity index (χ1n) is 13.9. The number of esters is 2. The van der Waals surface area contributed by atoms with Crippen molar-refractivity contribution < 1.29 is 49.8 Å². The van der Waals surface area contributed by atoms with E-state index in [2.05, 4.69) is 11.7 Å². The molecule has 0 saturated heterocycles. The molecule has 0 saturated carbocycles. The van der Waals surface area contributed by atoms with Gasteiger partial charge < -0.3 is 9.47 Å². The highest BCUT2D eigenvalue weighted by Gasteiger charge is 2.73. The average Bonchev–Trinajstić information content (AvgIpc) is 2.85. The van der Waals surface area contributed by atoms with E-state index in [0.717, 1.165) is 25.7 Å². The highest BCUT2D eigenvalue weighted by molar-refractivity contribution is 6.00. The molecular formula is C27H45F7O4. The second-order valence-corrected chi connectivity index (χ2v) is 9.87. The van der Waals surface area contributed by atoms with Crippen LogP contribution >= 0.6 is 0 Å². The molecule has 0 aromatic carbocycles. The summed E-state index contributed by atoms with van der Waals surface area (Å²) in [5, 5.41) is 0. The minimum atomic E-state index is -6.54. The third kappa shape index (κ3) is 11.7. The molecule has 0 radical (unpaired) electrons. The number of alkyl halides is 7. The molecule has 0 aliphatic heterocycles. The first kappa shape index (κ1) is 36.5. The molecule has 0 N–H and O–H groups in total. The third-order valence-electron chi connectivity index (χ3n) is 6.92. The lowest BCUT2D eigenvalue weighted by molar-refractivity contribution is -0.360. The van der Waals surface area contributed by atoms with E-state index in [4.69, 9.17) is 4.74 Å². The van der Waals surface area contributed by atoms with Gasteiger partial charge in [-0.3, -0.25) is 9.59 Å². The fourth-order valence-electron chi connectivity index (χ4n) is 4.10. The minimum Gasteiger partial charge on any atom is -0.465 e. The Kier molecular flexibility index (Phi) is 17.2. The van der Waals surface area contributed by atoms with Crippen LogP contribution in [0, 0.1) is 5.41 Å². The molecule has 0 bridgehead atoms. The molecule has 38 heavy (non-hydrogen) atoms. The van der Waals surface area contributed by atoms with Crippen molar-refractivity contribution in [3.63, 3.8) is 0 Å². The molecular weight excluding hydrogens is 521 g/mol. The van der Waals surface area contributed by atoms with Crippen LogP contribution in [-0.4, -0.2) is 43.2 Å². The van der Waals surface area contributed by atoms with E-state index in [0.29, 0.717) is 6.42 Å². The quantitative estimate of drug-likeness (QED) is 0.0567. The number of carbonyl (C=O) groups excluding carboxylic acids is 2. The Hall–Kier alpha value is -1.55. The highest BCUT2D eigenvalue weighted by atomic mass is 19.4. The molecule has 0 fully saturated rings. The van der Waals surface area contributed by atoms with Crippen LogP contribution in [0.4, 0.5) is 30.7 Å². The fourth-order valence-corrected chi connectivity index (χ4v) is 4.10. The predicted octanol–water partition coefficient (Wildman–Crippen LogP) is 9.19. The van der Waals surface area contributed by atoms with Crippen molar-refractivity contribution in [2.24, 2.45) is 5.41 Å². The SMILES string of the molecule is CCCCCCCCCCCCCCCCOC(=O)C(CC)(CC)C(=O)OCC(F)(F)C(F)(F)C(F)(F)F. The molecule has 0 spiro atoms. The second-order valence-electron chi connectivity index (χ2n) is 9.87. The van der Waals surface area contributed by atoms with Gasteiger partial charge in [-0.1, -0.05) is 104 Å². The number of ether oxygens (including phenoxy) is 2. The highest BCUT2D eigenvalue weighted by Crippen LogP contribution is 2.46. The van der Waals surface area contributed by atoms with Crippen LogP contribution in [0.5, 0.6) is 0 Å². The maximum atomic E-state index is 13.5. The van der Waals surface area contributed by atoms with Crippen LogP contribution in [0.2, 0.25) is 0 Å². The summed E-state index contributed by atoms with van der Waals surface area (Å²) in [4.78, 5) is 24.9. The summed E-state index contributed by atoms with van der Waals surface area (Å²) < 4.78 is 99.2. The van der Waals surface area contributed by atoms with Crippen molar-refractivity contribution in [3.8, 4) is 0 Å². The van der Waals surface area contributed by atoms with Crippen molar-refractivity contribution in [2.45, 2.75) is 142 Å². The van der Waals surface area contributed by atoms with E-state index in [1.807, 2.05) is 0 Å². The molecule has 0 aromatic heterocycles. The van der Waals surface area contributed by atoms with Crippen LogP contribution in [0.1, 0.15) is 124 Å². The lowest BCUT2D eigenvalue weighted by atomic mass is 9.82. The Morgan fingerprint density at radius 2 is 0.921 bits per heavy atom. The summed E-state index contributed by atoms with van der Waals surface area (Å²) >= 11 is 0. The smallest absolute Gasteiger partial charge is 0.460 e. The fraction of sp³-hybridized carbons (Fsp3) is 0.926. The van der Waals surface area contributed by atoms with E-state index >= 15 is 0 Å². The van der Waals surface area contributed by atoms with Crippen LogP contribution in [-0.2, 0) is 19.1 Å². The van der Waals surface area contributed by atoms with Crippen LogP contribution in [0.25, 0.3) is 0 Å². The van der Waals surface area contributed by atoms with Gasteiger partial charge in [0.15, 0.2) is 12.0 Å². The standard InChI is InChI=1S/C27H45F7O4/c1-4-7-8-9-10-11-12-13-14-15-16-17-18-19-20-37-22(35)24(5-2,6-3)23(36)38-21-25(28,29)26(30,31)27(32,33)34/h4-21H2,1-3H3. The third-order valence-corrected chi connectivity index (χ3v) is 6.92. The van der Waals surface area contributed by atoms with Crippen molar-refractivity contribution >= 4 is 11.9 Å². The molecule has 226 valence electrons. The van der Waals surface area contributed by atoms with Gasteiger partial charge in [0.05, 0.1) is 6.61 Å². The second kappa shape index (κ2) is 17.9. The maximum absolute atomic E-state index is 13.5. The van der Waals surface area contributed by atoms with Gasteiger partial charge in [-0.2, -0.15) is 30.7 Å². The lowest BCUT2D eigenvalue weighted by Crippen LogP contribution is -2.55. The van der Waals surface area contributed by atoms with Gasteiger partial charge in [-0.25, -0.2) is 0 Å². The monoisotopic (exact) mass is 566 g/mol. The number of hydrogen-bond acceptors (Lipinski definition) is 4. The molecule has 0 atom stereocenters. The molecule has 0 aliphatic rings.